The number of nitrogens with zero attached hydrogens (tertiary/aromatic N) is 3. The standard InChI is InChI=1S/C24H23BrN4O2/c1-16(30)29-11-8-18(15-29)14-27-24(31)22-13-20(4-2-17-6-9-26-10-7-17)28-23-5-3-19(25)12-21(22)23/h2-7,9-10,12-13,18H,8,11,14-15H2,1H3,(H,27,31)/b4-2+. The monoisotopic (exact) mass is 478 g/mol. The topological polar surface area (TPSA) is 75.2 Å². The van der Waals surface area contributed by atoms with E-state index in [0.29, 0.717) is 24.3 Å². The minimum atomic E-state index is -0.134. The zero-order valence-corrected chi connectivity index (χ0v) is 18.8. The van der Waals surface area contributed by atoms with Gasteiger partial charge >= 0.3 is 0 Å². The van der Waals surface area contributed by atoms with Crippen molar-refractivity contribution >= 4 is 50.8 Å². The van der Waals surface area contributed by atoms with Gasteiger partial charge in [0.15, 0.2) is 0 Å². The molecule has 1 aromatic carbocycles. The highest BCUT2D eigenvalue weighted by Gasteiger charge is 2.24. The Balaban J connectivity index is 1.57. The van der Waals surface area contributed by atoms with E-state index in [1.807, 2.05) is 53.5 Å². The van der Waals surface area contributed by atoms with Crippen molar-refractivity contribution in [2.45, 2.75) is 13.3 Å². The van der Waals surface area contributed by atoms with E-state index >= 15 is 0 Å². The van der Waals surface area contributed by atoms with Crippen LogP contribution in [-0.2, 0) is 4.79 Å². The van der Waals surface area contributed by atoms with Crippen LogP contribution in [-0.4, -0.2) is 46.3 Å². The number of carbonyl (C=O) groups is 2. The molecule has 3 heterocycles. The zero-order chi connectivity index (χ0) is 21.8. The highest BCUT2D eigenvalue weighted by molar-refractivity contribution is 9.10. The average molecular weight is 479 g/mol. The summed E-state index contributed by atoms with van der Waals surface area (Å²) in [5, 5.41) is 3.86. The third-order valence-electron chi connectivity index (χ3n) is 5.47. The Kier molecular flexibility index (Phi) is 6.42. The summed E-state index contributed by atoms with van der Waals surface area (Å²) in [6, 6.07) is 11.4. The highest BCUT2D eigenvalue weighted by Crippen LogP contribution is 2.24. The quantitative estimate of drug-likeness (QED) is 0.597. The molecule has 1 fully saturated rings. The maximum atomic E-state index is 13.1. The predicted molar refractivity (Wildman–Crippen MR) is 125 cm³/mol. The molecular weight excluding hydrogens is 456 g/mol. The van der Waals surface area contributed by atoms with Crippen molar-refractivity contribution in [1.82, 2.24) is 20.2 Å². The van der Waals surface area contributed by atoms with E-state index in [-0.39, 0.29) is 17.7 Å². The van der Waals surface area contributed by atoms with Crippen LogP contribution >= 0.6 is 15.9 Å². The lowest BCUT2D eigenvalue weighted by Gasteiger charge is -2.15. The van der Waals surface area contributed by atoms with E-state index in [9.17, 15) is 9.59 Å². The Morgan fingerprint density at radius 1 is 1.19 bits per heavy atom. The highest BCUT2D eigenvalue weighted by atomic mass is 79.9. The summed E-state index contributed by atoms with van der Waals surface area (Å²) in [5.74, 6) is 0.230. The molecular formula is C24H23BrN4O2. The van der Waals surface area contributed by atoms with Gasteiger partial charge in [0.2, 0.25) is 5.91 Å². The third-order valence-corrected chi connectivity index (χ3v) is 5.96. The number of likely N-dealkylation sites (tertiary alicyclic amines) is 1. The van der Waals surface area contributed by atoms with Gasteiger partial charge in [-0.25, -0.2) is 4.98 Å². The van der Waals surface area contributed by atoms with Crippen LogP contribution in [0.25, 0.3) is 23.1 Å². The van der Waals surface area contributed by atoms with Gasteiger partial charge in [0, 0.05) is 48.8 Å². The molecule has 0 radical (unpaired) electrons. The van der Waals surface area contributed by atoms with E-state index in [1.165, 1.54) is 0 Å². The predicted octanol–water partition coefficient (Wildman–Crippen LogP) is 4.16. The van der Waals surface area contributed by atoms with Crippen LogP contribution in [0, 0.1) is 5.92 Å². The molecule has 0 aliphatic carbocycles. The number of benzene rings is 1. The van der Waals surface area contributed by atoms with Crippen LogP contribution in [0.3, 0.4) is 0 Å². The number of nitrogens with one attached hydrogen (secondary N) is 1. The number of hydrogen-bond acceptors (Lipinski definition) is 4. The van der Waals surface area contributed by atoms with E-state index < -0.39 is 0 Å². The van der Waals surface area contributed by atoms with Gasteiger partial charge in [-0.15, -0.1) is 0 Å². The molecule has 2 amide bonds. The van der Waals surface area contributed by atoms with Gasteiger partial charge in [-0.2, -0.15) is 0 Å². The minimum Gasteiger partial charge on any atom is -0.352 e. The van der Waals surface area contributed by atoms with Crippen LogP contribution in [0.2, 0.25) is 0 Å². The van der Waals surface area contributed by atoms with Gasteiger partial charge in [-0.1, -0.05) is 22.0 Å². The fourth-order valence-electron chi connectivity index (χ4n) is 3.77. The molecule has 0 saturated carbocycles. The van der Waals surface area contributed by atoms with Gasteiger partial charge in [0.25, 0.3) is 5.91 Å². The molecule has 1 aliphatic heterocycles. The second kappa shape index (κ2) is 9.39. The first kappa shape index (κ1) is 21.2. The smallest absolute Gasteiger partial charge is 0.252 e. The second-order valence-corrected chi connectivity index (χ2v) is 8.62. The van der Waals surface area contributed by atoms with Gasteiger partial charge in [-0.05, 0) is 60.4 Å². The molecule has 1 aliphatic rings. The summed E-state index contributed by atoms with van der Waals surface area (Å²) < 4.78 is 0.892. The normalized spacial score (nSPS) is 16.2. The number of carbonyl (C=O) groups excluding carboxylic acids is 2. The SMILES string of the molecule is CC(=O)N1CCC(CNC(=O)c2cc(/C=C/c3ccncc3)nc3ccc(Br)cc23)C1. The summed E-state index contributed by atoms with van der Waals surface area (Å²) in [4.78, 5) is 35.2. The van der Waals surface area contributed by atoms with Crippen molar-refractivity contribution in [2.75, 3.05) is 19.6 Å². The van der Waals surface area contributed by atoms with Crippen molar-refractivity contribution in [3.8, 4) is 0 Å². The number of aromatic nitrogens is 2. The second-order valence-electron chi connectivity index (χ2n) is 7.70. The first-order valence-electron chi connectivity index (χ1n) is 10.2. The Morgan fingerprint density at radius 3 is 2.74 bits per heavy atom. The maximum Gasteiger partial charge on any atom is 0.252 e. The molecule has 1 N–H and O–H groups in total. The molecule has 1 saturated heterocycles. The van der Waals surface area contributed by atoms with E-state index in [2.05, 4.69) is 26.2 Å². The van der Waals surface area contributed by atoms with Crippen molar-refractivity contribution in [2.24, 2.45) is 5.92 Å². The number of rotatable bonds is 5. The average Bonchev–Trinajstić information content (AvgIpc) is 3.26. The number of pyridine rings is 2. The van der Waals surface area contributed by atoms with Crippen molar-refractivity contribution in [3.05, 3.63) is 70.1 Å². The number of fused-ring (bicyclic) bond motifs is 1. The van der Waals surface area contributed by atoms with Crippen LogP contribution in [0.4, 0.5) is 0 Å². The molecule has 7 heteroatoms. The van der Waals surface area contributed by atoms with Crippen molar-refractivity contribution in [3.63, 3.8) is 0 Å². The Morgan fingerprint density at radius 2 is 2.00 bits per heavy atom. The Bertz CT molecular complexity index is 1150. The number of halogens is 1. The Hall–Kier alpha value is -3.06. The molecule has 4 rings (SSSR count). The largest absolute Gasteiger partial charge is 0.352 e. The first-order chi connectivity index (χ1) is 15.0. The number of hydrogen-bond donors (Lipinski definition) is 1. The lowest BCUT2D eigenvalue weighted by molar-refractivity contribution is -0.127. The van der Waals surface area contributed by atoms with Gasteiger partial charge in [0.05, 0.1) is 16.8 Å². The van der Waals surface area contributed by atoms with Crippen molar-refractivity contribution in [1.29, 1.82) is 0 Å². The van der Waals surface area contributed by atoms with E-state index in [4.69, 9.17) is 4.98 Å². The molecule has 0 bridgehead atoms. The molecule has 0 spiro atoms. The molecule has 3 aromatic rings. The fourth-order valence-corrected chi connectivity index (χ4v) is 4.13. The third kappa shape index (κ3) is 5.17. The fraction of sp³-hybridized carbons (Fsp3) is 0.250. The maximum absolute atomic E-state index is 13.1. The van der Waals surface area contributed by atoms with Gasteiger partial charge in [-0.3, -0.25) is 14.6 Å². The Labute approximate surface area is 189 Å². The summed E-state index contributed by atoms with van der Waals surface area (Å²) in [7, 11) is 0. The lowest BCUT2D eigenvalue weighted by Crippen LogP contribution is -2.32. The summed E-state index contributed by atoms with van der Waals surface area (Å²) in [6.07, 6.45) is 8.23. The van der Waals surface area contributed by atoms with Crippen LogP contribution in [0.5, 0.6) is 0 Å². The van der Waals surface area contributed by atoms with Gasteiger partial charge < -0.3 is 10.2 Å². The minimum absolute atomic E-state index is 0.0874. The molecule has 6 nitrogen and oxygen atoms in total. The summed E-state index contributed by atoms with van der Waals surface area (Å²) in [5.41, 5.74) is 3.06. The van der Waals surface area contributed by atoms with Crippen LogP contribution in [0.1, 0.15) is 35.0 Å². The first-order valence-corrected chi connectivity index (χ1v) is 11.0. The van der Waals surface area contributed by atoms with Gasteiger partial charge in [0.1, 0.15) is 0 Å². The lowest BCUT2D eigenvalue weighted by atomic mass is 10.1. The molecule has 31 heavy (non-hydrogen) atoms. The number of amides is 2. The molecule has 158 valence electrons. The zero-order valence-electron chi connectivity index (χ0n) is 17.2. The molecule has 1 atom stereocenters. The molecule has 2 aromatic heterocycles. The van der Waals surface area contributed by atoms with Crippen LogP contribution in [0.15, 0.2) is 53.3 Å². The van der Waals surface area contributed by atoms with E-state index in [1.54, 1.807) is 19.3 Å². The molecule has 1 unspecified atom stereocenters. The summed E-state index contributed by atoms with van der Waals surface area (Å²) in [6.45, 7) is 3.58. The van der Waals surface area contributed by atoms with Crippen molar-refractivity contribution < 1.29 is 9.59 Å². The summed E-state index contributed by atoms with van der Waals surface area (Å²) >= 11 is 3.49. The van der Waals surface area contributed by atoms with Crippen LogP contribution < -0.4 is 5.32 Å². The van der Waals surface area contributed by atoms with E-state index in [0.717, 1.165) is 33.9 Å².